The Balaban J connectivity index is 1.29. The van der Waals surface area contributed by atoms with E-state index >= 15 is 0 Å². The van der Waals surface area contributed by atoms with Gasteiger partial charge in [0.2, 0.25) is 0 Å². The maximum Gasteiger partial charge on any atom is 0.0991 e. The summed E-state index contributed by atoms with van der Waals surface area (Å²) in [6.45, 7) is 0. The molecule has 0 aromatic heterocycles. The van der Waals surface area contributed by atoms with E-state index in [-0.39, 0.29) is 5.41 Å². The SMILES string of the molecule is N#Cc1ccc(-c2ccc3c(c2)C2(C4=C(C=CCC4)c4cc5c(cc42)C2C=CC=C[C@H]2c2ccccc2-5)c2ccccc2-3)cc1. The smallest absolute Gasteiger partial charge is 0.0991 e. The third-order valence-electron chi connectivity index (χ3n) is 11.0. The van der Waals surface area contributed by atoms with Crippen molar-refractivity contribution in [1.29, 1.82) is 5.26 Å². The zero-order valence-electron chi connectivity index (χ0n) is 24.8. The highest BCUT2D eigenvalue weighted by molar-refractivity contribution is 5.99. The number of allylic oxidation sites excluding steroid dienone is 8. The van der Waals surface area contributed by atoms with Crippen molar-refractivity contribution in [1.82, 2.24) is 0 Å². The van der Waals surface area contributed by atoms with Gasteiger partial charge in [0.1, 0.15) is 0 Å². The van der Waals surface area contributed by atoms with E-state index in [2.05, 4.69) is 134 Å². The molecule has 0 N–H and O–H groups in total. The highest BCUT2D eigenvalue weighted by atomic mass is 14.5. The second-order valence-corrected chi connectivity index (χ2v) is 13.0. The van der Waals surface area contributed by atoms with Crippen LogP contribution in [0.5, 0.6) is 0 Å². The van der Waals surface area contributed by atoms with Crippen LogP contribution in [0.3, 0.4) is 0 Å². The van der Waals surface area contributed by atoms with Crippen LogP contribution in [0.15, 0.2) is 145 Å². The molecule has 2 unspecified atom stereocenters. The number of benzene rings is 5. The van der Waals surface area contributed by atoms with E-state index in [0.717, 1.165) is 18.4 Å². The van der Waals surface area contributed by atoms with Crippen molar-refractivity contribution in [2.24, 2.45) is 0 Å². The quantitative estimate of drug-likeness (QED) is 0.196. The average molecular weight is 572 g/mol. The molecule has 3 atom stereocenters. The van der Waals surface area contributed by atoms with Crippen LogP contribution in [-0.2, 0) is 5.41 Å². The summed E-state index contributed by atoms with van der Waals surface area (Å²) in [5, 5.41) is 9.41. The molecule has 0 radical (unpaired) electrons. The summed E-state index contributed by atoms with van der Waals surface area (Å²) in [7, 11) is 0. The molecule has 5 aliphatic rings. The van der Waals surface area contributed by atoms with E-state index in [1.807, 2.05) is 12.1 Å². The predicted molar refractivity (Wildman–Crippen MR) is 183 cm³/mol. The van der Waals surface area contributed by atoms with Gasteiger partial charge < -0.3 is 0 Å². The van der Waals surface area contributed by atoms with E-state index < -0.39 is 0 Å². The molecule has 5 aliphatic carbocycles. The Kier molecular flexibility index (Phi) is 5.01. The van der Waals surface area contributed by atoms with Gasteiger partial charge in [-0.05, 0) is 115 Å². The highest BCUT2D eigenvalue weighted by Crippen LogP contribution is 2.65. The summed E-state index contributed by atoms with van der Waals surface area (Å²) in [5.74, 6) is 0.666. The molecule has 10 rings (SSSR count). The average Bonchev–Trinajstić information content (AvgIpc) is 3.57. The van der Waals surface area contributed by atoms with Crippen molar-refractivity contribution in [2.75, 3.05) is 0 Å². The molecule has 0 amide bonds. The Morgan fingerprint density at radius 2 is 1.31 bits per heavy atom. The van der Waals surface area contributed by atoms with Crippen LogP contribution in [0.1, 0.15) is 63.6 Å². The summed E-state index contributed by atoms with van der Waals surface area (Å²) in [6, 6.07) is 40.7. The predicted octanol–water partition coefficient (Wildman–Crippen LogP) is 10.6. The van der Waals surface area contributed by atoms with Crippen molar-refractivity contribution in [3.8, 4) is 39.4 Å². The first-order chi connectivity index (χ1) is 22.3. The van der Waals surface area contributed by atoms with Crippen LogP contribution in [0.4, 0.5) is 0 Å². The fourth-order valence-corrected chi connectivity index (χ4v) is 9.17. The third-order valence-corrected chi connectivity index (χ3v) is 11.0. The lowest BCUT2D eigenvalue weighted by Crippen LogP contribution is -2.28. The lowest BCUT2D eigenvalue weighted by molar-refractivity contribution is 0.697. The summed E-state index contributed by atoms with van der Waals surface area (Å²) in [5.41, 5.74) is 19.5. The summed E-state index contributed by atoms with van der Waals surface area (Å²) in [4.78, 5) is 0. The topological polar surface area (TPSA) is 23.8 Å². The normalized spacial score (nSPS) is 22.2. The van der Waals surface area contributed by atoms with Gasteiger partial charge in [-0.15, -0.1) is 0 Å². The van der Waals surface area contributed by atoms with Crippen LogP contribution in [0.2, 0.25) is 0 Å². The Morgan fingerprint density at radius 3 is 2.16 bits per heavy atom. The second-order valence-electron chi connectivity index (χ2n) is 13.0. The molecule has 1 heteroatoms. The molecule has 0 fully saturated rings. The lowest BCUT2D eigenvalue weighted by Gasteiger charge is -2.37. The first kappa shape index (κ1) is 24.9. The lowest BCUT2D eigenvalue weighted by atomic mass is 9.65. The number of fused-ring (bicyclic) bond motifs is 15. The largest absolute Gasteiger partial charge is 0.192 e. The van der Waals surface area contributed by atoms with Crippen molar-refractivity contribution in [3.05, 3.63) is 184 Å². The number of hydrogen-bond donors (Lipinski definition) is 0. The summed E-state index contributed by atoms with van der Waals surface area (Å²) in [6.07, 6.45) is 16.1. The minimum atomic E-state index is -0.334. The van der Waals surface area contributed by atoms with E-state index in [1.165, 1.54) is 72.3 Å². The van der Waals surface area contributed by atoms with Crippen LogP contribution < -0.4 is 0 Å². The molecule has 0 heterocycles. The molecule has 1 spiro atoms. The van der Waals surface area contributed by atoms with E-state index in [0.29, 0.717) is 17.4 Å². The van der Waals surface area contributed by atoms with Gasteiger partial charge in [-0.25, -0.2) is 0 Å². The summed E-state index contributed by atoms with van der Waals surface area (Å²) >= 11 is 0. The molecule has 0 saturated heterocycles. The fourth-order valence-electron chi connectivity index (χ4n) is 9.17. The van der Waals surface area contributed by atoms with Crippen LogP contribution in [-0.4, -0.2) is 0 Å². The van der Waals surface area contributed by atoms with Crippen molar-refractivity contribution < 1.29 is 0 Å². The molecular formula is C44H29N. The number of rotatable bonds is 1. The van der Waals surface area contributed by atoms with E-state index in [4.69, 9.17) is 0 Å². The Bertz CT molecular complexity index is 2280. The molecule has 5 aromatic carbocycles. The monoisotopic (exact) mass is 571 g/mol. The molecule has 0 aliphatic heterocycles. The Morgan fingerprint density at radius 1 is 0.600 bits per heavy atom. The molecule has 0 saturated carbocycles. The van der Waals surface area contributed by atoms with Crippen LogP contribution >= 0.6 is 0 Å². The van der Waals surface area contributed by atoms with Gasteiger partial charge in [0.15, 0.2) is 0 Å². The number of nitriles is 1. The first-order valence-electron chi connectivity index (χ1n) is 16.1. The van der Waals surface area contributed by atoms with E-state index in [1.54, 1.807) is 0 Å². The highest BCUT2D eigenvalue weighted by Gasteiger charge is 2.53. The third kappa shape index (κ3) is 3.17. The maximum absolute atomic E-state index is 9.41. The summed E-state index contributed by atoms with van der Waals surface area (Å²) < 4.78 is 0. The molecule has 0 bridgehead atoms. The molecule has 45 heavy (non-hydrogen) atoms. The first-order valence-corrected chi connectivity index (χ1v) is 16.1. The van der Waals surface area contributed by atoms with E-state index in [9.17, 15) is 5.26 Å². The van der Waals surface area contributed by atoms with Gasteiger partial charge in [0, 0.05) is 11.8 Å². The van der Waals surface area contributed by atoms with Gasteiger partial charge in [-0.2, -0.15) is 5.26 Å². The Hall–Kier alpha value is -5.45. The minimum Gasteiger partial charge on any atom is -0.192 e. The second kappa shape index (κ2) is 9.04. The van der Waals surface area contributed by atoms with Crippen molar-refractivity contribution >= 4 is 5.57 Å². The van der Waals surface area contributed by atoms with Crippen LogP contribution in [0.25, 0.3) is 39.0 Å². The molecule has 5 aromatic rings. The number of hydrogen-bond acceptors (Lipinski definition) is 1. The minimum absolute atomic E-state index is 0.316. The Labute approximate surface area is 263 Å². The van der Waals surface area contributed by atoms with Gasteiger partial charge in [0.25, 0.3) is 0 Å². The van der Waals surface area contributed by atoms with Gasteiger partial charge in [-0.1, -0.05) is 115 Å². The van der Waals surface area contributed by atoms with Crippen molar-refractivity contribution in [2.45, 2.75) is 30.1 Å². The zero-order chi connectivity index (χ0) is 29.7. The maximum atomic E-state index is 9.41. The van der Waals surface area contributed by atoms with Gasteiger partial charge >= 0.3 is 0 Å². The van der Waals surface area contributed by atoms with Crippen molar-refractivity contribution in [3.63, 3.8) is 0 Å². The zero-order valence-corrected chi connectivity index (χ0v) is 24.8. The van der Waals surface area contributed by atoms with Gasteiger partial charge in [0.05, 0.1) is 17.0 Å². The van der Waals surface area contributed by atoms with Gasteiger partial charge in [-0.3, -0.25) is 0 Å². The molecule has 1 nitrogen and oxygen atoms in total. The molecule has 210 valence electrons. The number of nitrogens with zero attached hydrogens (tertiary/aromatic N) is 1. The fraction of sp³-hybridized carbons (Fsp3) is 0.114. The standard InChI is InChI=1S/C44H29N/c45-26-27-17-19-28(20-18-27)29-21-22-36-34-13-5-7-15-40(34)44(42(36)23-29)41-16-8-6-14-35(41)39-24-37-32-11-3-1-9-30(32)31-10-2-4-12-33(31)38(37)25-43(39)44/h1-7,9-15,17-25,31,33H,8,16H2/t31-,33?,44?/m0/s1. The molecular weight excluding hydrogens is 542 g/mol. The van der Waals surface area contributed by atoms with Crippen LogP contribution in [0, 0.1) is 11.3 Å².